The minimum Gasteiger partial charge on any atom is -0.336 e. The number of carbonyl (C=O) groups excluding carboxylic acids is 1. The Morgan fingerprint density at radius 2 is 1.62 bits per heavy atom. The summed E-state index contributed by atoms with van der Waals surface area (Å²) in [4.78, 5) is 31.9. The van der Waals surface area contributed by atoms with Crippen LogP contribution >= 0.6 is 11.8 Å². The molecule has 0 aliphatic heterocycles. The lowest BCUT2D eigenvalue weighted by Crippen LogP contribution is -2.40. The van der Waals surface area contributed by atoms with Crippen LogP contribution in [0.2, 0.25) is 0 Å². The lowest BCUT2D eigenvalue weighted by molar-refractivity contribution is -0.137. The number of aromatic nitrogens is 2. The van der Waals surface area contributed by atoms with Gasteiger partial charge in [0.25, 0.3) is 5.56 Å². The summed E-state index contributed by atoms with van der Waals surface area (Å²) in [6.07, 6.45) is -16.1. The maximum absolute atomic E-state index is 15.0. The Bertz CT molecular complexity index is 2730. The smallest absolute Gasteiger partial charge is 0.336 e. The highest BCUT2D eigenvalue weighted by Crippen LogP contribution is 2.31. The molecule has 0 bridgehead atoms. The fourth-order valence-electron chi connectivity index (χ4n) is 3.94. The third-order valence-electron chi connectivity index (χ3n) is 6.29. The average molecular weight is 689 g/mol. The van der Waals surface area contributed by atoms with Crippen molar-refractivity contribution in [1.29, 1.82) is 0 Å². The summed E-state index contributed by atoms with van der Waals surface area (Å²) in [7, 11) is 0. The standard InChI is InChI=1S/C36H38F4N4O2S/c1-3-42(4-2)20-21-43(22-25-8-12-27(13-9-25)28-14-16-29(17-15-28)36(38,39)40)33(45)23-44-32-7-5-6-31(32)34(46)41-35(44)47-24-26-10-18-30(37)19-11-26/h8-19H,3-7,20-24H2,1-2H3/i3D2,4D2,5D2,6D2,7D2,8D,9D,12D,13D,14D,15D,16D,17D,20D2,21D2. The van der Waals surface area contributed by atoms with Gasteiger partial charge in [-0.25, -0.2) is 4.39 Å². The second kappa shape index (κ2) is 15.3. The molecule has 3 aromatic carbocycles. The number of rotatable bonds is 13. The maximum Gasteiger partial charge on any atom is 0.416 e. The third kappa shape index (κ3) is 8.70. The number of thioether (sulfide) groups is 1. The fourth-order valence-corrected chi connectivity index (χ4v) is 4.89. The summed E-state index contributed by atoms with van der Waals surface area (Å²) in [5, 5.41) is -0.682. The van der Waals surface area contributed by atoms with E-state index < -0.39 is 169 Å². The van der Waals surface area contributed by atoms with Gasteiger partial charge in [0.2, 0.25) is 5.91 Å². The summed E-state index contributed by atoms with van der Waals surface area (Å²) < 4.78 is 244. The van der Waals surface area contributed by atoms with E-state index in [0.717, 1.165) is 12.1 Å². The van der Waals surface area contributed by atoms with Crippen molar-refractivity contribution >= 4 is 17.7 Å². The van der Waals surface area contributed by atoms with Crippen molar-refractivity contribution in [1.82, 2.24) is 19.4 Å². The van der Waals surface area contributed by atoms with Gasteiger partial charge in [0, 0.05) is 53.0 Å². The molecule has 4 aromatic rings. The van der Waals surface area contributed by atoms with Gasteiger partial charge in [-0.2, -0.15) is 18.2 Å². The van der Waals surface area contributed by atoms with E-state index in [9.17, 15) is 29.9 Å². The average Bonchev–Trinajstić information content (AvgIpc) is 3.29. The van der Waals surface area contributed by atoms with Gasteiger partial charge < -0.3 is 14.4 Å². The van der Waals surface area contributed by atoms with Gasteiger partial charge in [-0.15, -0.1) is 0 Å². The highest BCUT2D eigenvalue weighted by atomic mass is 32.2. The van der Waals surface area contributed by atoms with Crippen LogP contribution < -0.4 is 5.56 Å². The molecule has 11 heteroatoms. The van der Waals surface area contributed by atoms with E-state index in [1.807, 2.05) is 0 Å². The second-order valence-corrected chi connectivity index (χ2v) is 10.3. The zero-order valence-electron chi connectivity index (χ0n) is 46.5. The zero-order valence-corrected chi connectivity index (χ0v) is 25.3. The molecule has 0 unspecified atom stereocenters. The highest BCUT2D eigenvalue weighted by molar-refractivity contribution is 7.98. The number of benzene rings is 3. The molecular formula is C36H38F4N4O2S. The number of hydrogen-bond acceptors (Lipinski definition) is 5. The number of alkyl halides is 3. The van der Waals surface area contributed by atoms with Crippen LogP contribution in [-0.4, -0.2) is 51.2 Å². The van der Waals surface area contributed by atoms with Crippen molar-refractivity contribution in [2.24, 2.45) is 0 Å². The molecule has 248 valence electrons. The van der Waals surface area contributed by atoms with Crippen molar-refractivity contribution in [3.8, 4) is 11.1 Å². The molecule has 1 heterocycles. The van der Waals surface area contributed by atoms with Crippen LogP contribution in [0.3, 0.4) is 0 Å². The molecule has 0 radical (unpaired) electrons. The molecule has 1 aliphatic carbocycles. The van der Waals surface area contributed by atoms with E-state index >= 15 is 0 Å². The van der Waals surface area contributed by atoms with Crippen molar-refractivity contribution < 1.29 is 52.5 Å². The van der Waals surface area contributed by atoms with Gasteiger partial charge in [-0.1, -0.05) is 74.0 Å². The molecule has 6 nitrogen and oxygen atoms in total. The van der Waals surface area contributed by atoms with Crippen molar-refractivity contribution in [2.45, 2.75) is 63.1 Å². The monoisotopic (exact) mass is 688 g/mol. The summed E-state index contributed by atoms with van der Waals surface area (Å²) in [6.45, 7) is -16.5. The van der Waals surface area contributed by atoms with Gasteiger partial charge in [-0.05, 0) is 78.6 Å². The molecule has 0 spiro atoms. The van der Waals surface area contributed by atoms with Gasteiger partial charge in [0.1, 0.15) is 12.4 Å². The molecule has 1 amide bonds. The number of likely N-dealkylation sites (N-methyl/N-ethyl adjacent to an activating group) is 1. The van der Waals surface area contributed by atoms with Crippen molar-refractivity contribution in [2.75, 3.05) is 26.0 Å². The summed E-state index contributed by atoms with van der Waals surface area (Å²) in [5.41, 5.74) is -8.94. The van der Waals surface area contributed by atoms with Crippen LogP contribution in [-0.2, 0) is 42.6 Å². The molecular weight excluding hydrogens is 628 g/mol. The molecule has 0 fully saturated rings. The second-order valence-electron chi connectivity index (χ2n) is 9.39. The first kappa shape index (κ1) is 16.0. The van der Waals surface area contributed by atoms with Gasteiger partial charge in [-0.3, -0.25) is 9.59 Å². The van der Waals surface area contributed by atoms with E-state index in [4.69, 9.17) is 27.4 Å². The van der Waals surface area contributed by atoms with E-state index in [0.29, 0.717) is 35.7 Å². The molecule has 1 aromatic heterocycles. The predicted octanol–water partition coefficient (Wildman–Crippen LogP) is 7.22. The lowest BCUT2D eigenvalue weighted by atomic mass is 10.0. The van der Waals surface area contributed by atoms with E-state index in [2.05, 4.69) is 4.98 Å². The SMILES string of the molecule is [2H]c1c([2H])c(-c2c([2H])c([2H])c(C(F)(F)F)c([2H])c2[2H])c([2H])c([2H])c1CN(C(=O)Cn1c(SCc2ccc(F)cc2)nc(=O)c2c1C([2H])([2H])C([2H])([2H])C2([2H])[2H])C([2H])([2H])C([2H])([2H])N(C([2H])([2H])C)C([2H])([2H])C. The van der Waals surface area contributed by atoms with Gasteiger partial charge >= 0.3 is 6.18 Å². The topological polar surface area (TPSA) is 58.4 Å². The van der Waals surface area contributed by atoms with Crippen molar-refractivity contribution in [3.05, 3.63) is 117 Å². The molecule has 47 heavy (non-hydrogen) atoms. The minimum atomic E-state index is -5.44. The van der Waals surface area contributed by atoms with Gasteiger partial charge in [0.05, 0.1) is 19.3 Å². The third-order valence-corrected chi connectivity index (χ3v) is 7.34. The Balaban J connectivity index is 1.83. The molecule has 1 aliphatic rings. The molecule has 0 N–H and O–H groups in total. The first-order valence-corrected chi connectivity index (χ1v) is 14.4. The maximum atomic E-state index is 15.0. The largest absolute Gasteiger partial charge is 0.416 e. The highest BCUT2D eigenvalue weighted by Gasteiger charge is 2.30. The van der Waals surface area contributed by atoms with Crippen LogP contribution in [0, 0.1) is 5.82 Å². The Morgan fingerprint density at radius 3 is 2.23 bits per heavy atom. The zero-order chi connectivity index (χ0) is 53.1. The van der Waals surface area contributed by atoms with Crippen LogP contribution in [0.5, 0.6) is 0 Å². The normalized spacial score (nSPS) is 24.1. The Morgan fingerprint density at radius 1 is 0.979 bits per heavy atom. The quantitative estimate of drug-likeness (QED) is 0.0844. The summed E-state index contributed by atoms with van der Waals surface area (Å²) >= 11 is 0.527. The van der Waals surface area contributed by atoms with E-state index in [1.165, 1.54) is 12.1 Å². The summed E-state index contributed by atoms with van der Waals surface area (Å²) in [5.74, 6) is -2.75. The van der Waals surface area contributed by atoms with E-state index in [1.54, 1.807) is 0 Å². The van der Waals surface area contributed by atoms with Crippen LogP contribution in [0.25, 0.3) is 11.1 Å². The fraction of sp³-hybridized carbons (Fsp3) is 0.361. The van der Waals surface area contributed by atoms with Crippen LogP contribution in [0.1, 0.15) is 78.3 Å². The Labute approximate surface area is 307 Å². The number of amides is 1. The number of nitrogens with zero attached hydrogens (tertiary/aromatic N) is 4. The van der Waals surface area contributed by atoms with E-state index in [-0.39, 0.29) is 15.6 Å². The van der Waals surface area contributed by atoms with Crippen LogP contribution in [0.4, 0.5) is 17.6 Å². The molecule has 0 saturated carbocycles. The first-order valence-electron chi connectivity index (χ1n) is 24.4. The Kier molecular flexibility index (Phi) is 5.19. The predicted molar refractivity (Wildman–Crippen MR) is 177 cm³/mol. The molecule has 0 atom stereocenters. The molecule has 5 rings (SSSR count). The van der Waals surface area contributed by atoms with Crippen LogP contribution in [0.15, 0.2) is 82.6 Å². The summed E-state index contributed by atoms with van der Waals surface area (Å²) in [6, 6.07) is -6.84. The number of fused-ring (bicyclic) bond motifs is 1. The Hall–Kier alpha value is -3.96. The van der Waals surface area contributed by atoms with Crippen molar-refractivity contribution in [3.63, 3.8) is 0 Å². The molecule has 0 saturated heterocycles. The minimum absolute atomic E-state index is 0.193. The number of halogens is 4. The first-order chi connectivity index (χ1) is 31.0. The van der Waals surface area contributed by atoms with Gasteiger partial charge in [0.15, 0.2) is 5.16 Å². The number of hydrogen-bond donors (Lipinski definition) is 0. The lowest BCUT2D eigenvalue weighted by Gasteiger charge is -2.28. The number of carbonyl (C=O) groups is 1.